The second-order valence-electron chi connectivity index (χ2n) is 4.59. The standard InChI is InChI=1S/C15H14BrN3O/c1-9-18-14-7-11(17)3-4-15(14)19(9)12-5-10(16)6-13(8-12)20-2/h3-8H,17H2,1-2H3. The quantitative estimate of drug-likeness (QED) is 0.728. The predicted octanol–water partition coefficient (Wildman–Crippen LogP) is 3.69. The Labute approximate surface area is 125 Å². The van der Waals surface area contributed by atoms with Crippen LogP contribution < -0.4 is 10.5 Å². The maximum Gasteiger partial charge on any atom is 0.122 e. The molecule has 4 nitrogen and oxygen atoms in total. The van der Waals surface area contributed by atoms with Crippen LogP contribution in [-0.4, -0.2) is 16.7 Å². The first-order valence-corrected chi connectivity index (χ1v) is 6.97. The molecule has 102 valence electrons. The van der Waals surface area contributed by atoms with Gasteiger partial charge >= 0.3 is 0 Å². The summed E-state index contributed by atoms with van der Waals surface area (Å²) in [6.07, 6.45) is 0. The highest BCUT2D eigenvalue weighted by Gasteiger charge is 2.11. The van der Waals surface area contributed by atoms with Gasteiger partial charge in [0.2, 0.25) is 0 Å². The van der Waals surface area contributed by atoms with Crippen LogP contribution in [0.1, 0.15) is 5.82 Å². The SMILES string of the molecule is COc1cc(Br)cc(-n2c(C)nc3cc(N)ccc32)c1. The van der Waals surface area contributed by atoms with Crippen LogP contribution >= 0.6 is 15.9 Å². The molecular weight excluding hydrogens is 318 g/mol. The number of methoxy groups -OCH3 is 1. The van der Waals surface area contributed by atoms with Crippen LogP contribution in [0.15, 0.2) is 40.9 Å². The lowest BCUT2D eigenvalue weighted by Gasteiger charge is -2.10. The van der Waals surface area contributed by atoms with Crippen LogP contribution in [0.4, 0.5) is 5.69 Å². The Balaban J connectivity index is 2.29. The summed E-state index contributed by atoms with van der Waals surface area (Å²) in [6, 6.07) is 11.7. The van der Waals surface area contributed by atoms with E-state index in [-0.39, 0.29) is 0 Å². The number of nitrogen functional groups attached to an aromatic ring is 1. The van der Waals surface area contributed by atoms with Crippen LogP contribution in [-0.2, 0) is 0 Å². The van der Waals surface area contributed by atoms with Crippen molar-refractivity contribution in [3.63, 3.8) is 0 Å². The summed E-state index contributed by atoms with van der Waals surface area (Å²) in [5.74, 6) is 1.71. The number of aryl methyl sites for hydroxylation is 1. The summed E-state index contributed by atoms with van der Waals surface area (Å²) in [5.41, 5.74) is 9.45. The number of imidazole rings is 1. The Morgan fingerprint density at radius 1 is 1.20 bits per heavy atom. The Hall–Kier alpha value is -2.01. The van der Waals surface area contributed by atoms with Crippen molar-refractivity contribution in [1.29, 1.82) is 0 Å². The van der Waals surface area contributed by atoms with Gasteiger partial charge in [0.1, 0.15) is 11.6 Å². The molecule has 1 aromatic heterocycles. The van der Waals surface area contributed by atoms with Gasteiger partial charge in [-0.2, -0.15) is 0 Å². The molecule has 0 bridgehead atoms. The second-order valence-corrected chi connectivity index (χ2v) is 5.51. The zero-order chi connectivity index (χ0) is 14.3. The van der Waals surface area contributed by atoms with E-state index in [1.807, 2.05) is 43.3 Å². The van der Waals surface area contributed by atoms with Gasteiger partial charge in [-0.05, 0) is 37.3 Å². The van der Waals surface area contributed by atoms with E-state index >= 15 is 0 Å². The number of hydrogen-bond donors (Lipinski definition) is 1. The van der Waals surface area contributed by atoms with E-state index in [9.17, 15) is 0 Å². The molecule has 5 heteroatoms. The van der Waals surface area contributed by atoms with Crippen molar-refractivity contribution >= 4 is 32.7 Å². The van der Waals surface area contributed by atoms with Gasteiger partial charge in [0.05, 0.1) is 23.8 Å². The second kappa shape index (κ2) is 4.83. The molecule has 3 aromatic rings. The van der Waals surface area contributed by atoms with E-state index in [1.165, 1.54) is 0 Å². The number of halogens is 1. The van der Waals surface area contributed by atoms with Gasteiger partial charge in [-0.3, -0.25) is 4.57 Å². The molecule has 20 heavy (non-hydrogen) atoms. The van der Waals surface area contributed by atoms with Gasteiger partial charge in [-0.15, -0.1) is 0 Å². The number of anilines is 1. The maximum absolute atomic E-state index is 5.81. The Bertz CT molecular complexity index is 795. The fraction of sp³-hybridized carbons (Fsp3) is 0.133. The van der Waals surface area contributed by atoms with E-state index in [4.69, 9.17) is 10.5 Å². The number of hydrogen-bond acceptors (Lipinski definition) is 3. The van der Waals surface area contributed by atoms with E-state index < -0.39 is 0 Å². The number of rotatable bonds is 2. The first-order chi connectivity index (χ1) is 9.58. The van der Waals surface area contributed by atoms with Gasteiger partial charge in [-0.1, -0.05) is 15.9 Å². The molecule has 1 heterocycles. The highest BCUT2D eigenvalue weighted by atomic mass is 79.9. The van der Waals surface area contributed by atoms with Crippen molar-refractivity contribution in [1.82, 2.24) is 9.55 Å². The lowest BCUT2D eigenvalue weighted by molar-refractivity contribution is 0.414. The van der Waals surface area contributed by atoms with Crippen LogP contribution in [0.2, 0.25) is 0 Å². The van der Waals surface area contributed by atoms with Gasteiger partial charge in [0.15, 0.2) is 0 Å². The van der Waals surface area contributed by atoms with Crippen molar-refractivity contribution in [3.05, 3.63) is 46.7 Å². The number of aromatic nitrogens is 2. The van der Waals surface area contributed by atoms with E-state index in [0.717, 1.165) is 32.8 Å². The molecule has 0 saturated carbocycles. The van der Waals surface area contributed by atoms with Crippen molar-refractivity contribution < 1.29 is 4.74 Å². The third kappa shape index (κ3) is 2.14. The van der Waals surface area contributed by atoms with Crippen molar-refractivity contribution in [3.8, 4) is 11.4 Å². The monoisotopic (exact) mass is 331 g/mol. The van der Waals surface area contributed by atoms with Gasteiger partial charge < -0.3 is 10.5 Å². The molecule has 0 unspecified atom stereocenters. The normalized spacial score (nSPS) is 10.9. The van der Waals surface area contributed by atoms with Gasteiger partial charge in [-0.25, -0.2) is 4.98 Å². The Morgan fingerprint density at radius 2 is 2.00 bits per heavy atom. The smallest absolute Gasteiger partial charge is 0.122 e. The first-order valence-electron chi connectivity index (χ1n) is 6.18. The van der Waals surface area contributed by atoms with Crippen LogP contribution in [0.5, 0.6) is 5.75 Å². The fourth-order valence-electron chi connectivity index (χ4n) is 2.34. The lowest BCUT2D eigenvalue weighted by atomic mass is 10.2. The molecule has 0 fully saturated rings. The predicted molar refractivity (Wildman–Crippen MR) is 84.5 cm³/mol. The van der Waals surface area contributed by atoms with Gasteiger partial charge in [0, 0.05) is 16.2 Å². The van der Waals surface area contributed by atoms with Crippen molar-refractivity contribution in [2.24, 2.45) is 0 Å². The molecule has 3 rings (SSSR count). The van der Waals surface area contributed by atoms with Crippen LogP contribution in [0.25, 0.3) is 16.7 Å². The summed E-state index contributed by atoms with van der Waals surface area (Å²) >= 11 is 3.51. The number of fused-ring (bicyclic) bond motifs is 1. The third-order valence-electron chi connectivity index (χ3n) is 3.20. The molecule has 0 radical (unpaired) electrons. The summed E-state index contributed by atoms with van der Waals surface area (Å²) in [5, 5.41) is 0. The molecule has 0 amide bonds. The minimum atomic E-state index is 0.717. The average Bonchev–Trinajstić information content (AvgIpc) is 2.72. The summed E-state index contributed by atoms with van der Waals surface area (Å²) < 4.78 is 8.37. The summed E-state index contributed by atoms with van der Waals surface area (Å²) in [4.78, 5) is 4.56. The topological polar surface area (TPSA) is 53.1 Å². The van der Waals surface area contributed by atoms with Gasteiger partial charge in [0.25, 0.3) is 0 Å². The average molecular weight is 332 g/mol. The number of nitrogens with zero attached hydrogens (tertiary/aromatic N) is 2. The molecule has 0 aliphatic heterocycles. The third-order valence-corrected chi connectivity index (χ3v) is 3.65. The summed E-state index contributed by atoms with van der Waals surface area (Å²) in [7, 11) is 1.66. The molecule has 0 aliphatic carbocycles. The highest BCUT2D eigenvalue weighted by Crippen LogP contribution is 2.28. The molecule has 2 aromatic carbocycles. The molecule has 0 saturated heterocycles. The molecule has 0 spiro atoms. The zero-order valence-electron chi connectivity index (χ0n) is 11.2. The Kier molecular flexibility index (Phi) is 3.14. The minimum absolute atomic E-state index is 0.717. The molecule has 0 atom stereocenters. The zero-order valence-corrected chi connectivity index (χ0v) is 12.8. The number of nitrogens with two attached hydrogens (primary N) is 1. The fourth-order valence-corrected chi connectivity index (χ4v) is 2.80. The molecular formula is C15H14BrN3O. The van der Waals surface area contributed by atoms with E-state index in [1.54, 1.807) is 7.11 Å². The molecule has 2 N–H and O–H groups in total. The van der Waals surface area contributed by atoms with Crippen LogP contribution in [0.3, 0.4) is 0 Å². The van der Waals surface area contributed by atoms with Crippen LogP contribution in [0, 0.1) is 6.92 Å². The Morgan fingerprint density at radius 3 is 2.75 bits per heavy atom. The first kappa shape index (κ1) is 13.0. The number of ether oxygens (including phenoxy) is 1. The molecule has 0 aliphatic rings. The van der Waals surface area contributed by atoms with Crippen molar-refractivity contribution in [2.45, 2.75) is 6.92 Å². The summed E-state index contributed by atoms with van der Waals surface area (Å²) in [6.45, 7) is 1.98. The largest absolute Gasteiger partial charge is 0.497 e. The van der Waals surface area contributed by atoms with Crippen molar-refractivity contribution in [2.75, 3.05) is 12.8 Å². The highest BCUT2D eigenvalue weighted by molar-refractivity contribution is 9.10. The van der Waals surface area contributed by atoms with E-state index in [2.05, 4.69) is 25.5 Å². The lowest BCUT2D eigenvalue weighted by Crippen LogP contribution is -1.98. The van der Waals surface area contributed by atoms with E-state index in [0.29, 0.717) is 5.69 Å². The maximum atomic E-state index is 5.81. The number of benzene rings is 2. The minimum Gasteiger partial charge on any atom is -0.497 e.